The highest BCUT2D eigenvalue weighted by atomic mass is 35.5. The van der Waals surface area contributed by atoms with Gasteiger partial charge in [0.25, 0.3) is 0 Å². The molecule has 0 unspecified atom stereocenters. The zero-order chi connectivity index (χ0) is 9.14. The highest BCUT2D eigenvalue weighted by Gasteiger charge is 2.05. The van der Waals surface area contributed by atoms with Crippen LogP contribution in [-0.2, 0) is 0 Å². The van der Waals surface area contributed by atoms with Crippen LogP contribution in [0.3, 0.4) is 0 Å². The molecular weight excluding hydrogens is 195 g/mol. The molecule has 0 spiro atoms. The van der Waals surface area contributed by atoms with Crippen LogP contribution in [0.1, 0.15) is 16.0 Å². The molecule has 0 radical (unpaired) electrons. The van der Waals surface area contributed by atoms with E-state index >= 15 is 0 Å². The van der Waals surface area contributed by atoms with Gasteiger partial charge in [-0.2, -0.15) is 0 Å². The molecule has 0 saturated heterocycles. The third-order valence-electron chi connectivity index (χ3n) is 1.67. The third kappa shape index (κ3) is 2.05. The van der Waals surface area contributed by atoms with Crippen LogP contribution in [0.5, 0.6) is 5.75 Å². The van der Waals surface area contributed by atoms with Crippen LogP contribution in [0.4, 0.5) is 0 Å². The molecule has 0 N–H and O–H groups in total. The zero-order valence-corrected chi connectivity index (χ0v) is 8.49. The summed E-state index contributed by atoms with van der Waals surface area (Å²) in [6.07, 6.45) is 0. The largest absolute Gasteiger partial charge is 0.496 e. The second-order valence-electron chi connectivity index (χ2n) is 2.53. The van der Waals surface area contributed by atoms with E-state index in [1.54, 1.807) is 7.11 Å². The maximum absolute atomic E-state index is 5.70. The lowest BCUT2D eigenvalue weighted by atomic mass is 10.1. The Bertz CT molecular complexity index is 271. The van der Waals surface area contributed by atoms with Gasteiger partial charge in [-0.3, -0.25) is 0 Å². The van der Waals surface area contributed by atoms with E-state index in [-0.39, 0.29) is 0 Å². The van der Waals surface area contributed by atoms with Gasteiger partial charge in [-0.05, 0) is 30.2 Å². The molecule has 1 aromatic rings. The molecule has 1 rings (SSSR count). The summed E-state index contributed by atoms with van der Waals surface area (Å²) in [6.45, 7) is 1.96. The van der Waals surface area contributed by atoms with Crippen molar-refractivity contribution in [1.82, 2.24) is 0 Å². The van der Waals surface area contributed by atoms with E-state index in [1.807, 2.05) is 25.1 Å². The molecule has 0 heterocycles. The maximum Gasteiger partial charge on any atom is 0.132 e. The number of aryl methyl sites for hydroxylation is 1. The molecule has 66 valence electrons. The number of benzene rings is 1. The van der Waals surface area contributed by atoms with Crippen molar-refractivity contribution >= 4 is 23.2 Å². The number of rotatable bonds is 2. The van der Waals surface area contributed by atoms with Gasteiger partial charge in [0.15, 0.2) is 0 Å². The Hall–Kier alpha value is -0.400. The molecule has 0 amide bonds. The molecule has 0 saturated carbocycles. The summed E-state index contributed by atoms with van der Waals surface area (Å²) in [5, 5.41) is 0. The van der Waals surface area contributed by atoms with Gasteiger partial charge in [0.2, 0.25) is 0 Å². The molecule has 1 aromatic carbocycles. The van der Waals surface area contributed by atoms with Gasteiger partial charge in [0.1, 0.15) is 10.6 Å². The normalized spacial score (nSPS) is 10.4. The van der Waals surface area contributed by atoms with E-state index in [4.69, 9.17) is 27.9 Å². The Balaban J connectivity index is 3.02. The minimum absolute atomic E-state index is 0.463. The molecular formula is C9H10Cl2O. The second-order valence-corrected chi connectivity index (χ2v) is 3.63. The number of halogens is 2. The Labute approximate surface area is 82.2 Å². The molecule has 0 aliphatic heterocycles. The van der Waals surface area contributed by atoms with E-state index in [0.29, 0.717) is 0 Å². The summed E-state index contributed by atoms with van der Waals surface area (Å²) in [4.78, 5) is -0.463. The van der Waals surface area contributed by atoms with Gasteiger partial charge < -0.3 is 4.74 Å². The average molecular weight is 205 g/mol. The minimum Gasteiger partial charge on any atom is -0.496 e. The van der Waals surface area contributed by atoms with Crippen LogP contribution in [-0.4, -0.2) is 7.11 Å². The Morgan fingerprint density at radius 1 is 1.33 bits per heavy atom. The molecule has 0 aromatic heterocycles. The Kier molecular flexibility index (Phi) is 3.24. The maximum atomic E-state index is 5.70. The molecule has 12 heavy (non-hydrogen) atoms. The summed E-state index contributed by atoms with van der Waals surface area (Å²) in [5.41, 5.74) is 1.94. The highest BCUT2D eigenvalue weighted by Crippen LogP contribution is 2.28. The lowest BCUT2D eigenvalue weighted by Gasteiger charge is -2.07. The van der Waals surface area contributed by atoms with Crippen LogP contribution in [0, 0.1) is 6.92 Å². The lowest BCUT2D eigenvalue weighted by molar-refractivity contribution is 0.411. The Morgan fingerprint density at radius 3 is 2.42 bits per heavy atom. The standard InChI is InChI=1S/C9H10Cl2O/c1-6-5-7(9(10)11)3-4-8(6)12-2/h3-5,9H,1-2H3. The van der Waals surface area contributed by atoms with Crippen LogP contribution in [0.25, 0.3) is 0 Å². The fraction of sp³-hybridized carbons (Fsp3) is 0.333. The molecule has 0 bridgehead atoms. The van der Waals surface area contributed by atoms with Crippen molar-refractivity contribution in [2.24, 2.45) is 0 Å². The monoisotopic (exact) mass is 204 g/mol. The summed E-state index contributed by atoms with van der Waals surface area (Å²) < 4.78 is 5.09. The van der Waals surface area contributed by atoms with E-state index in [1.165, 1.54) is 0 Å². The lowest BCUT2D eigenvalue weighted by Crippen LogP contribution is -1.89. The first kappa shape index (κ1) is 9.69. The van der Waals surface area contributed by atoms with Crippen LogP contribution in [0.15, 0.2) is 18.2 Å². The molecule has 0 aliphatic rings. The van der Waals surface area contributed by atoms with Crippen LogP contribution >= 0.6 is 23.2 Å². The van der Waals surface area contributed by atoms with Crippen molar-refractivity contribution < 1.29 is 4.74 Å². The van der Waals surface area contributed by atoms with Crippen LogP contribution in [0.2, 0.25) is 0 Å². The van der Waals surface area contributed by atoms with E-state index in [0.717, 1.165) is 16.9 Å². The van der Waals surface area contributed by atoms with Gasteiger partial charge in [0, 0.05) is 0 Å². The molecule has 0 fully saturated rings. The number of hydrogen-bond donors (Lipinski definition) is 0. The zero-order valence-electron chi connectivity index (χ0n) is 6.97. The third-order valence-corrected chi connectivity index (χ3v) is 2.17. The average Bonchev–Trinajstić information content (AvgIpc) is 2.04. The van der Waals surface area contributed by atoms with Crippen molar-refractivity contribution in [3.05, 3.63) is 29.3 Å². The van der Waals surface area contributed by atoms with Crippen LogP contribution < -0.4 is 4.74 Å². The van der Waals surface area contributed by atoms with E-state index in [2.05, 4.69) is 0 Å². The SMILES string of the molecule is COc1ccc(C(Cl)Cl)cc1C. The first-order valence-electron chi connectivity index (χ1n) is 3.58. The highest BCUT2D eigenvalue weighted by molar-refractivity contribution is 6.44. The predicted molar refractivity (Wildman–Crippen MR) is 52.2 cm³/mol. The van der Waals surface area contributed by atoms with Crippen molar-refractivity contribution in [3.8, 4) is 5.75 Å². The summed E-state index contributed by atoms with van der Waals surface area (Å²) >= 11 is 11.4. The number of hydrogen-bond acceptors (Lipinski definition) is 1. The molecule has 1 nitrogen and oxygen atoms in total. The van der Waals surface area contributed by atoms with Gasteiger partial charge in [-0.25, -0.2) is 0 Å². The molecule has 0 atom stereocenters. The smallest absolute Gasteiger partial charge is 0.132 e. The summed E-state index contributed by atoms with van der Waals surface area (Å²) in [6, 6.07) is 5.64. The Morgan fingerprint density at radius 2 is 2.00 bits per heavy atom. The van der Waals surface area contributed by atoms with Crippen molar-refractivity contribution in [1.29, 1.82) is 0 Å². The van der Waals surface area contributed by atoms with Crippen molar-refractivity contribution in [3.63, 3.8) is 0 Å². The molecule has 3 heteroatoms. The van der Waals surface area contributed by atoms with E-state index < -0.39 is 4.84 Å². The molecule has 0 aliphatic carbocycles. The number of alkyl halides is 2. The van der Waals surface area contributed by atoms with Crippen molar-refractivity contribution in [2.45, 2.75) is 11.8 Å². The number of ether oxygens (including phenoxy) is 1. The summed E-state index contributed by atoms with van der Waals surface area (Å²) in [5.74, 6) is 0.854. The predicted octanol–water partition coefficient (Wildman–Crippen LogP) is 3.48. The van der Waals surface area contributed by atoms with Crippen molar-refractivity contribution in [2.75, 3.05) is 7.11 Å². The second kappa shape index (κ2) is 4.01. The van der Waals surface area contributed by atoms with Gasteiger partial charge in [-0.1, -0.05) is 6.07 Å². The topological polar surface area (TPSA) is 9.23 Å². The fourth-order valence-corrected chi connectivity index (χ4v) is 1.31. The first-order valence-corrected chi connectivity index (χ1v) is 4.45. The minimum atomic E-state index is -0.463. The fourth-order valence-electron chi connectivity index (χ4n) is 1.04. The van der Waals surface area contributed by atoms with E-state index in [9.17, 15) is 0 Å². The van der Waals surface area contributed by atoms with Gasteiger partial charge in [0.05, 0.1) is 7.11 Å². The summed E-state index contributed by atoms with van der Waals surface area (Å²) in [7, 11) is 1.64. The first-order chi connectivity index (χ1) is 5.65. The quantitative estimate of drug-likeness (QED) is 0.671. The number of methoxy groups -OCH3 is 1. The van der Waals surface area contributed by atoms with Gasteiger partial charge >= 0.3 is 0 Å². The van der Waals surface area contributed by atoms with Gasteiger partial charge in [-0.15, -0.1) is 23.2 Å².